The van der Waals surface area contributed by atoms with Gasteiger partial charge in [-0.05, 0) is 12.1 Å². The van der Waals surface area contributed by atoms with Crippen LogP contribution in [0.3, 0.4) is 0 Å². The van der Waals surface area contributed by atoms with E-state index in [1.165, 1.54) is 25.4 Å². The van der Waals surface area contributed by atoms with E-state index < -0.39 is 10.8 Å². The number of nitro groups is 1. The molecule has 0 aliphatic carbocycles. The molecule has 1 aromatic carbocycles. The molecule has 24 heavy (non-hydrogen) atoms. The predicted molar refractivity (Wildman–Crippen MR) is 85.6 cm³/mol. The second-order valence-corrected chi connectivity index (χ2v) is 4.74. The van der Waals surface area contributed by atoms with Crippen LogP contribution in [0.4, 0.5) is 5.69 Å². The van der Waals surface area contributed by atoms with Crippen molar-refractivity contribution in [3.05, 3.63) is 56.9 Å². The molecule has 2 N–H and O–H groups in total. The van der Waals surface area contributed by atoms with E-state index in [0.717, 1.165) is 18.3 Å². The van der Waals surface area contributed by atoms with Crippen LogP contribution in [0.5, 0.6) is 11.5 Å². The van der Waals surface area contributed by atoms with E-state index in [4.69, 9.17) is 16.3 Å². The number of rotatable bonds is 5. The maximum Gasteiger partial charge on any atom is 0.274 e. The minimum absolute atomic E-state index is 0.00127. The molecule has 0 spiro atoms. The van der Waals surface area contributed by atoms with E-state index in [1.807, 2.05) is 0 Å². The molecule has 0 aliphatic heterocycles. The van der Waals surface area contributed by atoms with Gasteiger partial charge in [0.05, 0.1) is 29.9 Å². The second-order valence-electron chi connectivity index (χ2n) is 4.38. The lowest BCUT2D eigenvalue weighted by atomic mass is 10.2. The molecule has 0 aliphatic rings. The van der Waals surface area contributed by atoms with Crippen molar-refractivity contribution in [1.82, 2.24) is 10.4 Å². The van der Waals surface area contributed by atoms with E-state index in [-0.39, 0.29) is 33.5 Å². The fraction of sp³-hybridized carbons (Fsp3) is 0.0714. The van der Waals surface area contributed by atoms with Crippen LogP contribution in [-0.4, -0.2) is 34.2 Å². The van der Waals surface area contributed by atoms with E-state index in [2.05, 4.69) is 15.5 Å². The number of nitrogens with zero attached hydrogens (tertiary/aromatic N) is 3. The summed E-state index contributed by atoms with van der Waals surface area (Å²) in [6.07, 6.45) is 2.48. The SMILES string of the molecule is COc1cc([N+](=O)[O-])cc(C=NNC(=O)c2cccnc2Cl)c1O. The second kappa shape index (κ2) is 7.38. The summed E-state index contributed by atoms with van der Waals surface area (Å²) in [4.78, 5) is 25.9. The summed E-state index contributed by atoms with van der Waals surface area (Å²) >= 11 is 5.78. The van der Waals surface area contributed by atoms with Crippen molar-refractivity contribution in [2.24, 2.45) is 5.10 Å². The van der Waals surface area contributed by atoms with Gasteiger partial charge in [0.2, 0.25) is 0 Å². The topological polar surface area (TPSA) is 127 Å². The number of halogens is 1. The van der Waals surface area contributed by atoms with E-state index in [1.54, 1.807) is 0 Å². The first-order chi connectivity index (χ1) is 11.4. The number of hydrazone groups is 1. The number of carbonyl (C=O) groups is 1. The first-order valence-corrected chi connectivity index (χ1v) is 6.81. The Morgan fingerprint density at radius 3 is 2.92 bits per heavy atom. The number of hydrogen-bond donors (Lipinski definition) is 2. The highest BCUT2D eigenvalue weighted by Crippen LogP contribution is 2.33. The molecule has 2 rings (SSSR count). The summed E-state index contributed by atoms with van der Waals surface area (Å²) in [6, 6.07) is 5.14. The number of amides is 1. The highest BCUT2D eigenvalue weighted by atomic mass is 35.5. The van der Waals surface area contributed by atoms with Gasteiger partial charge in [-0.25, -0.2) is 10.4 Å². The lowest BCUT2D eigenvalue weighted by Gasteiger charge is -2.06. The molecule has 0 unspecified atom stereocenters. The molecule has 124 valence electrons. The number of aromatic hydroxyl groups is 1. The molecule has 1 heterocycles. The summed E-state index contributed by atoms with van der Waals surface area (Å²) in [5.41, 5.74) is 1.99. The van der Waals surface area contributed by atoms with E-state index >= 15 is 0 Å². The Balaban J connectivity index is 2.23. The third-order valence-corrected chi connectivity index (χ3v) is 3.19. The lowest BCUT2D eigenvalue weighted by molar-refractivity contribution is -0.385. The molecule has 0 radical (unpaired) electrons. The number of carbonyl (C=O) groups excluding carboxylic acids is 1. The third-order valence-electron chi connectivity index (χ3n) is 2.89. The number of nitro benzene ring substituents is 1. The molecule has 0 saturated heterocycles. The van der Waals surface area contributed by atoms with Gasteiger partial charge in [-0.15, -0.1) is 0 Å². The normalized spacial score (nSPS) is 10.6. The standard InChI is InChI=1S/C14H11ClN4O5/c1-24-11-6-9(19(22)23)5-8(12(11)20)7-17-18-14(21)10-3-2-4-16-13(10)15/h2-7,20H,1H3,(H,18,21). The Hall–Kier alpha value is -3.20. The predicted octanol–water partition coefficient (Wildman–Crippen LogP) is 2.12. The number of hydrogen-bond acceptors (Lipinski definition) is 7. The zero-order valence-corrected chi connectivity index (χ0v) is 13.0. The van der Waals surface area contributed by atoms with Gasteiger partial charge in [-0.2, -0.15) is 5.10 Å². The van der Waals surface area contributed by atoms with Crippen LogP contribution in [-0.2, 0) is 0 Å². The number of non-ortho nitro benzene ring substituents is 1. The van der Waals surface area contributed by atoms with Crippen molar-refractivity contribution < 1.29 is 19.6 Å². The van der Waals surface area contributed by atoms with Crippen LogP contribution < -0.4 is 10.2 Å². The molecular weight excluding hydrogens is 340 g/mol. The van der Waals surface area contributed by atoms with Gasteiger partial charge in [0, 0.05) is 17.8 Å². The Kier molecular flexibility index (Phi) is 5.27. The van der Waals surface area contributed by atoms with Gasteiger partial charge < -0.3 is 9.84 Å². The third kappa shape index (κ3) is 3.76. The molecule has 9 nitrogen and oxygen atoms in total. The van der Waals surface area contributed by atoms with Gasteiger partial charge in [-0.3, -0.25) is 14.9 Å². The van der Waals surface area contributed by atoms with E-state index in [0.29, 0.717) is 0 Å². The quantitative estimate of drug-likeness (QED) is 0.368. The summed E-state index contributed by atoms with van der Waals surface area (Å²) in [5.74, 6) is -1.06. The highest BCUT2D eigenvalue weighted by Gasteiger charge is 2.16. The van der Waals surface area contributed by atoms with Crippen molar-refractivity contribution in [1.29, 1.82) is 0 Å². The number of methoxy groups -OCH3 is 1. The Morgan fingerprint density at radius 2 is 2.29 bits per heavy atom. The van der Waals surface area contributed by atoms with Gasteiger partial charge in [0.15, 0.2) is 11.5 Å². The average Bonchev–Trinajstić information content (AvgIpc) is 2.56. The van der Waals surface area contributed by atoms with Crippen LogP contribution in [0.15, 0.2) is 35.6 Å². The number of pyridine rings is 1. The fourth-order valence-corrected chi connectivity index (χ4v) is 1.95. The van der Waals surface area contributed by atoms with Crippen LogP contribution in [0.25, 0.3) is 0 Å². The molecule has 0 atom stereocenters. The Labute approximate surface area is 140 Å². The average molecular weight is 351 g/mol. The molecule has 1 aromatic heterocycles. The summed E-state index contributed by atoms with van der Waals surface area (Å²) in [5, 5.41) is 24.5. The van der Waals surface area contributed by atoms with E-state index in [9.17, 15) is 20.0 Å². The first-order valence-electron chi connectivity index (χ1n) is 6.43. The molecule has 0 fully saturated rings. The molecule has 1 amide bonds. The fourth-order valence-electron chi connectivity index (χ4n) is 1.75. The molecule has 2 aromatic rings. The van der Waals surface area contributed by atoms with Crippen molar-refractivity contribution in [3.63, 3.8) is 0 Å². The number of ether oxygens (including phenoxy) is 1. The molecular formula is C14H11ClN4O5. The zero-order chi connectivity index (χ0) is 17.7. The Bertz CT molecular complexity index is 825. The largest absolute Gasteiger partial charge is 0.504 e. The number of aromatic nitrogens is 1. The van der Waals surface area contributed by atoms with Gasteiger partial charge in [-0.1, -0.05) is 11.6 Å². The zero-order valence-electron chi connectivity index (χ0n) is 12.3. The number of phenols is 1. The van der Waals surface area contributed by atoms with Crippen LogP contribution in [0.2, 0.25) is 5.15 Å². The van der Waals surface area contributed by atoms with Crippen LogP contribution in [0, 0.1) is 10.1 Å². The van der Waals surface area contributed by atoms with Crippen LogP contribution >= 0.6 is 11.6 Å². The van der Waals surface area contributed by atoms with Gasteiger partial charge >= 0.3 is 0 Å². The summed E-state index contributed by atoms with van der Waals surface area (Å²) in [7, 11) is 1.26. The van der Waals surface area contributed by atoms with Gasteiger partial charge in [0.25, 0.3) is 11.6 Å². The molecule has 10 heteroatoms. The lowest BCUT2D eigenvalue weighted by Crippen LogP contribution is -2.18. The minimum Gasteiger partial charge on any atom is -0.504 e. The number of phenolic OH excluding ortho intramolecular Hbond substituents is 1. The smallest absolute Gasteiger partial charge is 0.274 e. The number of nitrogens with one attached hydrogen (secondary N) is 1. The number of benzene rings is 1. The molecule has 0 saturated carbocycles. The van der Waals surface area contributed by atoms with Crippen molar-refractivity contribution in [2.45, 2.75) is 0 Å². The maximum atomic E-state index is 11.9. The maximum absolute atomic E-state index is 11.9. The summed E-state index contributed by atoms with van der Waals surface area (Å²) < 4.78 is 4.86. The van der Waals surface area contributed by atoms with Crippen molar-refractivity contribution >= 4 is 29.4 Å². The first kappa shape index (κ1) is 17.2. The Morgan fingerprint density at radius 1 is 1.54 bits per heavy atom. The monoisotopic (exact) mass is 350 g/mol. The van der Waals surface area contributed by atoms with Crippen LogP contribution in [0.1, 0.15) is 15.9 Å². The van der Waals surface area contributed by atoms with Gasteiger partial charge in [0.1, 0.15) is 5.15 Å². The molecule has 0 bridgehead atoms. The van der Waals surface area contributed by atoms with Crippen molar-refractivity contribution in [2.75, 3.05) is 7.11 Å². The summed E-state index contributed by atoms with van der Waals surface area (Å²) in [6.45, 7) is 0. The van der Waals surface area contributed by atoms with Crippen molar-refractivity contribution in [3.8, 4) is 11.5 Å². The highest BCUT2D eigenvalue weighted by molar-refractivity contribution is 6.32. The minimum atomic E-state index is -0.646.